The van der Waals surface area contributed by atoms with Crippen molar-refractivity contribution in [1.29, 1.82) is 0 Å². The zero-order chi connectivity index (χ0) is 18.9. The number of benzene rings is 2. The highest BCUT2D eigenvalue weighted by Gasteiger charge is 2.31. The lowest BCUT2D eigenvalue weighted by Gasteiger charge is -2.23. The van der Waals surface area contributed by atoms with Gasteiger partial charge in [-0.15, -0.1) is 0 Å². The Bertz CT molecular complexity index is 1030. The second-order valence-corrected chi connectivity index (χ2v) is 6.80. The molecule has 0 saturated heterocycles. The van der Waals surface area contributed by atoms with Crippen molar-refractivity contribution in [3.05, 3.63) is 76.5 Å². The van der Waals surface area contributed by atoms with Gasteiger partial charge in [-0.1, -0.05) is 41.9 Å². The predicted octanol–water partition coefficient (Wildman–Crippen LogP) is 4.55. The third-order valence-corrected chi connectivity index (χ3v) is 4.62. The summed E-state index contributed by atoms with van der Waals surface area (Å²) in [6.45, 7) is 8.34. The molecule has 0 bridgehead atoms. The third-order valence-electron chi connectivity index (χ3n) is 4.32. The molecule has 1 aromatic heterocycles. The minimum absolute atomic E-state index is 0.0350. The molecule has 0 aliphatic rings. The maximum absolute atomic E-state index is 14.1. The van der Waals surface area contributed by atoms with Gasteiger partial charge in [-0.3, -0.25) is 4.79 Å². The van der Waals surface area contributed by atoms with Gasteiger partial charge in [0.25, 0.3) is 0 Å². The molecule has 0 unspecified atom stereocenters. The molecule has 0 aliphatic heterocycles. The Kier molecular flexibility index (Phi) is 4.82. The van der Waals surface area contributed by atoms with E-state index in [2.05, 4.69) is 4.85 Å². The normalized spacial score (nSPS) is 13.3. The van der Waals surface area contributed by atoms with Crippen molar-refractivity contribution in [3.63, 3.8) is 0 Å². The summed E-state index contributed by atoms with van der Waals surface area (Å²) in [7, 11) is 0. The number of hydrogen-bond acceptors (Lipinski definition) is 2. The van der Waals surface area contributed by atoms with Gasteiger partial charge in [0.15, 0.2) is 5.78 Å². The molecule has 1 heterocycles. The highest BCUT2D eigenvalue weighted by Crippen LogP contribution is 2.27. The quantitative estimate of drug-likeness (QED) is 0.670. The lowest BCUT2D eigenvalue weighted by atomic mass is 9.95. The molecule has 6 heteroatoms. The fraction of sp³-hybridized carbons (Fsp3) is 0.200. The summed E-state index contributed by atoms with van der Waals surface area (Å²) in [5.74, 6) is -0.820. The van der Waals surface area contributed by atoms with E-state index in [1.54, 1.807) is 42.6 Å². The minimum atomic E-state index is -1.68. The lowest BCUT2D eigenvalue weighted by Crippen LogP contribution is -2.40. The monoisotopic (exact) mass is 370 g/mol. The molecular formula is C20H16ClFN2O2. The number of halogens is 2. The summed E-state index contributed by atoms with van der Waals surface area (Å²) in [6, 6.07) is 11.2. The van der Waals surface area contributed by atoms with Crippen LogP contribution in [0, 0.1) is 12.4 Å². The molecular weight excluding hydrogens is 355 g/mol. The predicted molar refractivity (Wildman–Crippen MR) is 98.9 cm³/mol. The van der Waals surface area contributed by atoms with Crippen LogP contribution in [0.2, 0.25) is 5.02 Å². The number of aromatic nitrogens is 1. The first-order valence-electron chi connectivity index (χ1n) is 7.97. The van der Waals surface area contributed by atoms with Gasteiger partial charge in [-0.05, 0) is 24.6 Å². The van der Waals surface area contributed by atoms with E-state index in [9.17, 15) is 14.3 Å². The van der Waals surface area contributed by atoms with Crippen LogP contribution in [0.5, 0.6) is 0 Å². The Morgan fingerprint density at radius 1 is 1.35 bits per heavy atom. The number of nitrogens with zero attached hydrogens (tertiary/aromatic N) is 2. The average Bonchev–Trinajstić information content (AvgIpc) is 2.98. The van der Waals surface area contributed by atoms with Crippen LogP contribution in [0.15, 0.2) is 48.7 Å². The largest absolute Gasteiger partial charge is 0.380 e. The molecule has 26 heavy (non-hydrogen) atoms. The van der Waals surface area contributed by atoms with Crippen LogP contribution in [0.3, 0.4) is 0 Å². The van der Waals surface area contributed by atoms with Crippen LogP contribution in [-0.4, -0.2) is 21.1 Å². The van der Waals surface area contributed by atoms with Crippen molar-refractivity contribution in [2.75, 3.05) is 0 Å². The van der Waals surface area contributed by atoms with Crippen molar-refractivity contribution in [2.24, 2.45) is 0 Å². The van der Waals surface area contributed by atoms with Crippen molar-refractivity contribution >= 4 is 34.0 Å². The summed E-state index contributed by atoms with van der Waals surface area (Å²) >= 11 is 5.99. The van der Waals surface area contributed by atoms with E-state index >= 15 is 0 Å². The number of carbonyl (C=O) groups excluding carboxylic acids is 1. The van der Waals surface area contributed by atoms with E-state index in [1.807, 2.05) is 0 Å². The number of ketones is 1. The number of carbonyl (C=O) groups is 1. The molecule has 0 radical (unpaired) electrons. The van der Waals surface area contributed by atoms with Crippen molar-refractivity contribution in [2.45, 2.75) is 25.5 Å². The molecule has 0 amide bonds. The van der Waals surface area contributed by atoms with Gasteiger partial charge in [0.05, 0.1) is 18.6 Å². The van der Waals surface area contributed by atoms with E-state index in [4.69, 9.17) is 18.2 Å². The summed E-state index contributed by atoms with van der Waals surface area (Å²) in [5, 5.41) is 11.6. The van der Waals surface area contributed by atoms with Crippen molar-refractivity contribution in [1.82, 2.24) is 4.57 Å². The van der Waals surface area contributed by atoms with Crippen molar-refractivity contribution < 1.29 is 14.3 Å². The zero-order valence-corrected chi connectivity index (χ0v) is 14.8. The second-order valence-electron chi connectivity index (χ2n) is 6.39. The summed E-state index contributed by atoms with van der Waals surface area (Å²) in [4.78, 5) is 15.9. The van der Waals surface area contributed by atoms with Crippen molar-refractivity contribution in [3.8, 4) is 0 Å². The van der Waals surface area contributed by atoms with Crippen LogP contribution >= 0.6 is 11.6 Å². The first kappa shape index (κ1) is 18.1. The Hall–Kier alpha value is -2.68. The highest BCUT2D eigenvalue weighted by molar-refractivity contribution is 6.33. The molecule has 1 N–H and O–H groups in total. The average molecular weight is 371 g/mol. The highest BCUT2D eigenvalue weighted by atomic mass is 35.5. The van der Waals surface area contributed by atoms with Gasteiger partial charge in [0.1, 0.15) is 11.4 Å². The molecule has 3 aromatic rings. The minimum Gasteiger partial charge on any atom is -0.380 e. The topological polar surface area (TPSA) is 46.6 Å². The molecule has 0 saturated carbocycles. The number of rotatable bonds is 5. The number of Topliss-reactive ketones (excluding diaryl/α,β-unsaturated/α-hetero) is 1. The molecule has 2 aromatic carbocycles. The molecule has 0 spiro atoms. The molecule has 0 fully saturated rings. The van der Waals surface area contributed by atoms with E-state index in [0.29, 0.717) is 22.2 Å². The van der Waals surface area contributed by atoms with E-state index in [-0.39, 0.29) is 18.0 Å². The van der Waals surface area contributed by atoms with E-state index < -0.39 is 17.2 Å². The van der Waals surface area contributed by atoms with Gasteiger partial charge < -0.3 is 9.67 Å². The molecule has 132 valence electrons. The lowest BCUT2D eigenvalue weighted by molar-refractivity contribution is -0.136. The summed E-state index contributed by atoms with van der Waals surface area (Å²) < 4.78 is 15.6. The Labute approximate surface area is 155 Å². The maximum atomic E-state index is 14.1. The van der Waals surface area contributed by atoms with Gasteiger partial charge in [-0.25, -0.2) is 9.24 Å². The fourth-order valence-electron chi connectivity index (χ4n) is 2.89. The summed E-state index contributed by atoms with van der Waals surface area (Å²) in [5.41, 5.74) is -0.413. The Morgan fingerprint density at radius 3 is 2.81 bits per heavy atom. The zero-order valence-electron chi connectivity index (χ0n) is 14.0. The Balaban J connectivity index is 1.82. The first-order valence-corrected chi connectivity index (χ1v) is 8.34. The molecule has 1 atom stereocenters. The summed E-state index contributed by atoms with van der Waals surface area (Å²) in [6.07, 6.45) is 1.61. The number of fused-ring (bicyclic) bond motifs is 1. The van der Waals surface area contributed by atoms with Crippen LogP contribution in [0.4, 0.5) is 10.1 Å². The fourth-order valence-corrected chi connectivity index (χ4v) is 3.14. The van der Waals surface area contributed by atoms with Crippen LogP contribution in [-0.2, 0) is 17.8 Å². The number of aliphatic hydroxyl groups is 1. The second kappa shape index (κ2) is 6.91. The van der Waals surface area contributed by atoms with Crippen LogP contribution < -0.4 is 0 Å². The molecule has 0 aliphatic carbocycles. The Morgan fingerprint density at radius 2 is 2.12 bits per heavy atom. The molecule has 4 nitrogen and oxygen atoms in total. The molecule has 3 rings (SSSR count). The first-order chi connectivity index (χ1) is 12.3. The third kappa shape index (κ3) is 3.48. The number of para-hydroxylation sites is 1. The van der Waals surface area contributed by atoms with Crippen LogP contribution in [0.1, 0.15) is 12.5 Å². The van der Waals surface area contributed by atoms with E-state index in [1.165, 1.54) is 17.6 Å². The van der Waals surface area contributed by atoms with Gasteiger partial charge in [0.2, 0.25) is 5.69 Å². The SMILES string of the molecule is [C-]#[N+]c1ccc(CC(=O)[C@@](C)(O)Cn2ccc3cccc(F)c32)cc1Cl. The van der Waals surface area contributed by atoms with Crippen LogP contribution in [0.25, 0.3) is 15.7 Å². The van der Waals surface area contributed by atoms with Gasteiger partial charge >= 0.3 is 0 Å². The standard InChI is InChI=1S/C20H16ClFN2O2/c1-20(26,12-24-9-8-14-4-3-5-16(22)19(14)24)18(25)11-13-6-7-17(23-2)15(21)10-13/h3-10,26H,11-12H2,1H3/t20-/m0/s1. The van der Waals surface area contributed by atoms with Gasteiger partial charge in [-0.2, -0.15) is 0 Å². The van der Waals surface area contributed by atoms with E-state index in [0.717, 1.165) is 0 Å². The number of hydrogen-bond donors (Lipinski definition) is 1. The maximum Gasteiger partial charge on any atom is 0.205 e. The smallest absolute Gasteiger partial charge is 0.205 e. The van der Waals surface area contributed by atoms with Gasteiger partial charge in [0, 0.05) is 23.0 Å².